The zero-order chi connectivity index (χ0) is 14.2. The van der Waals surface area contributed by atoms with Crippen molar-refractivity contribution in [3.05, 3.63) is 73.1 Å². The van der Waals surface area contributed by atoms with E-state index in [1.165, 1.54) is 16.5 Å². The van der Waals surface area contributed by atoms with Gasteiger partial charge in [-0.1, -0.05) is 36.4 Å². The maximum absolute atomic E-state index is 9.55. The second-order valence-electron chi connectivity index (χ2n) is 5.15. The van der Waals surface area contributed by atoms with Crippen LogP contribution in [-0.4, -0.2) is 10.1 Å². The van der Waals surface area contributed by atoms with Crippen LogP contribution < -0.4 is 0 Å². The summed E-state index contributed by atoms with van der Waals surface area (Å²) in [6, 6.07) is 20.1. The Bertz CT molecular complexity index is 954. The molecule has 0 bridgehead atoms. The molecule has 0 aliphatic heterocycles. The lowest BCUT2D eigenvalue weighted by Gasteiger charge is -2.08. The van der Waals surface area contributed by atoms with Gasteiger partial charge in [-0.05, 0) is 51.6 Å². The summed E-state index contributed by atoms with van der Waals surface area (Å²) < 4.78 is 0. The zero-order valence-electron chi connectivity index (χ0n) is 11.3. The number of hydrogen-bond donors (Lipinski definition) is 1. The van der Waals surface area contributed by atoms with Gasteiger partial charge in [0.05, 0.1) is 0 Å². The lowest BCUT2D eigenvalue weighted by Crippen LogP contribution is -1.83. The number of hydrogen-bond acceptors (Lipinski definition) is 2. The fourth-order valence-corrected chi connectivity index (χ4v) is 2.77. The molecular formula is C19H13NO. The summed E-state index contributed by atoms with van der Waals surface area (Å²) in [4.78, 5) is 4.18. The van der Waals surface area contributed by atoms with Gasteiger partial charge in [0.2, 0.25) is 0 Å². The van der Waals surface area contributed by atoms with Gasteiger partial charge >= 0.3 is 0 Å². The van der Waals surface area contributed by atoms with Gasteiger partial charge < -0.3 is 5.11 Å². The van der Waals surface area contributed by atoms with Crippen LogP contribution in [0.3, 0.4) is 0 Å². The summed E-state index contributed by atoms with van der Waals surface area (Å²) in [7, 11) is 0. The third kappa shape index (κ3) is 2.01. The van der Waals surface area contributed by atoms with Crippen molar-refractivity contribution in [2.24, 2.45) is 0 Å². The van der Waals surface area contributed by atoms with Crippen molar-refractivity contribution in [2.75, 3.05) is 0 Å². The van der Waals surface area contributed by atoms with Crippen LogP contribution in [0.4, 0.5) is 0 Å². The third-order valence-electron chi connectivity index (χ3n) is 3.82. The quantitative estimate of drug-likeness (QED) is 0.541. The molecule has 1 heterocycles. The van der Waals surface area contributed by atoms with Gasteiger partial charge in [0.15, 0.2) is 0 Å². The van der Waals surface area contributed by atoms with E-state index in [0.717, 1.165) is 16.2 Å². The van der Waals surface area contributed by atoms with Gasteiger partial charge in [-0.25, -0.2) is 0 Å². The van der Waals surface area contributed by atoms with Crippen molar-refractivity contribution in [2.45, 2.75) is 0 Å². The molecule has 0 saturated heterocycles. The van der Waals surface area contributed by atoms with Crippen molar-refractivity contribution >= 4 is 21.5 Å². The molecule has 0 atom stereocenters. The molecular weight excluding hydrogens is 258 g/mol. The lowest BCUT2D eigenvalue weighted by atomic mass is 9.97. The molecule has 4 rings (SSSR count). The van der Waals surface area contributed by atoms with Gasteiger partial charge in [-0.15, -0.1) is 0 Å². The lowest BCUT2D eigenvalue weighted by molar-refractivity contribution is 0.476. The second kappa shape index (κ2) is 4.60. The molecule has 1 N–H and O–H groups in total. The summed E-state index contributed by atoms with van der Waals surface area (Å²) in [5.41, 5.74) is 2.37. The topological polar surface area (TPSA) is 33.1 Å². The number of nitrogens with zero attached hydrogens (tertiary/aromatic N) is 1. The SMILES string of the molecule is Oc1ccc2cc(-c3cccc4cnccc34)ccc2c1. The molecule has 0 amide bonds. The summed E-state index contributed by atoms with van der Waals surface area (Å²) in [6.07, 6.45) is 3.71. The first-order chi connectivity index (χ1) is 10.3. The molecule has 3 aromatic carbocycles. The van der Waals surface area contributed by atoms with E-state index in [1.54, 1.807) is 12.1 Å². The molecule has 0 fully saturated rings. The molecule has 0 saturated carbocycles. The molecule has 2 nitrogen and oxygen atoms in total. The number of aromatic nitrogens is 1. The first-order valence-corrected chi connectivity index (χ1v) is 6.87. The van der Waals surface area contributed by atoms with Gasteiger partial charge in [0, 0.05) is 17.8 Å². The Morgan fingerprint density at radius 3 is 2.57 bits per heavy atom. The maximum Gasteiger partial charge on any atom is 0.116 e. The zero-order valence-corrected chi connectivity index (χ0v) is 11.3. The smallest absolute Gasteiger partial charge is 0.116 e. The fraction of sp³-hybridized carbons (Fsp3) is 0. The van der Waals surface area contributed by atoms with Crippen LogP contribution in [0.25, 0.3) is 32.7 Å². The number of fused-ring (bicyclic) bond motifs is 2. The van der Waals surface area contributed by atoms with E-state index in [4.69, 9.17) is 0 Å². The van der Waals surface area contributed by atoms with E-state index in [0.29, 0.717) is 5.75 Å². The third-order valence-corrected chi connectivity index (χ3v) is 3.82. The average Bonchev–Trinajstić information content (AvgIpc) is 2.54. The molecule has 2 heteroatoms. The standard InChI is InChI=1S/C19H13NO/c21-17-7-6-13-10-15(5-4-14(13)11-17)18-3-1-2-16-12-20-9-8-19(16)18/h1-12,21H. The molecule has 0 radical (unpaired) electrons. The summed E-state index contributed by atoms with van der Waals surface area (Å²) in [5, 5.41) is 14.1. The predicted octanol–water partition coefficient (Wildman–Crippen LogP) is 4.76. The molecule has 100 valence electrons. The van der Waals surface area contributed by atoms with E-state index >= 15 is 0 Å². The van der Waals surface area contributed by atoms with Crippen LogP contribution in [0.15, 0.2) is 73.1 Å². The highest BCUT2D eigenvalue weighted by Crippen LogP contribution is 2.31. The summed E-state index contributed by atoms with van der Waals surface area (Å²) in [5.74, 6) is 0.298. The Morgan fingerprint density at radius 1 is 0.762 bits per heavy atom. The van der Waals surface area contributed by atoms with Crippen molar-refractivity contribution in [3.63, 3.8) is 0 Å². The van der Waals surface area contributed by atoms with Gasteiger partial charge in [-0.2, -0.15) is 0 Å². The summed E-state index contributed by atoms with van der Waals surface area (Å²) in [6.45, 7) is 0. The van der Waals surface area contributed by atoms with E-state index in [2.05, 4.69) is 35.3 Å². The fourth-order valence-electron chi connectivity index (χ4n) is 2.77. The minimum atomic E-state index is 0.298. The average molecular weight is 271 g/mol. The van der Waals surface area contributed by atoms with E-state index < -0.39 is 0 Å². The summed E-state index contributed by atoms with van der Waals surface area (Å²) >= 11 is 0. The number of phenols is 1. The van der Waals surface area contributed by atoms with Crippen molar-refractivity contribution in [1.29, 1.82) is 0 Å². The Hall–Kier alpha value is -2.87. The highest BCUT2D eigenvalue weighted by molar-refractivity contribution is 5.98. The van der Waals surface area contributed by atoms with Crippen LogP contribution >= 0.6 is 0 Å². The maximum atomic E-state index is 9.55. The Balaban J connectivity index is 1.98. The molecule has 1 aromatic heterocycles. The predicted molar refractivity (Wildman–Crippen MR) is 86.3 cm³/mol. The van der Waals surface area contributed by atoms with Crippen molar-refractivity contribution < 1.29 is 5.11 Å². The number of rotatable bonds is 1. The first kappa shape index (κ1) is 11.9. The van der Waals surface area contributed by atoms with Crippen molar-refractivity contribution in [1.82, 2.24) is 4.98 Å². The highest BCUT2D eigenvalue weighted by Gasteiger charge is 2.05. The van der Waals surface area contributed by atoms with Gasteiger partial charge in [0.1, 0.15) is 5.75 Å². The van der Waals surface area contributed by atoms with Gasteiger partial charge in [0.25, 0.3) is 0 Å². The van der Waals surface area contributed by atoms with Crippen molar-refractivity contribution in [3.8, 4) is 16.9 Å². The van der Waals surface area contributed by atoms with Crippen LogP contribution in [0.5, 0.6) is 5.75 Å². The highest BCUT2D eigenvalue weighted by atomic mass is 16.3. The van der Waals surface area contributed by atoms with E-state index in [-0.39, 0.29) is 0 Å². The van der Waals surface area contributed by atoms with E-state index in [9.17, 15) is 5.11 Å². The number of benzene rings is 3. The second-order valence-corrected chi connectivity index (χ2v) is 5.15. The molecule has 21 heavy (non-hydrogen) atoms. The molecule has 0 aliphatic carbocycles. The van der Waals surface area contributed by atoms with E-state index in [1.807, 2.05) is 30.6 Å². The Kier molecular flexibility index (Phi) is 2.61. The molecule has 0 spiro atoms. The van der Waals surface area contributed by atoms with Crippen LogP contribution in [0.1, 0.15) is 0 Å². The number of aromatic hydroxyl groups is 1. The first-order valence-electron chi connectivity index (χ1n) is 6.87. The van der Waals surface area contributed by atoms with Gasteiger partial charge in [-0.3, -0.25) is 4.98 Å². The molecule has 0 aliphatic rings. The largest absolute Gasteiger partial charge is 0.508 e. The number of pyridine rings is 1. The number of phenolic OH excluding ortho intramolecular Hbond substituents is 1. The Labute approximate surface area is 122 Å². The molecule has 4 aromatic rings. The Morgan fingerprint density at radius 2 is 1.62 bits per heavy atom. The van der Waals surface area contributed by atoms with Crippen LogP contribution in [0.2, 0.25) is 0 Å². The molecule has 0 unspecified atom stereocenters. The normalized spacial score (nSPS) is 11.0. The van der Waals surface area contributed by atoms with Crippen LogP contribution in [-0.2, 0) is 0 Å². The minimum Gasteiger partial charge on any atom is -0.508 e. The van der Waals surface area contributed by atoms with Crippen LogP contribution in [0, 0.1) is 0 Å². The minimum absolute atomic E-state index is 0.298. The monoisotopic (exact) mass is 271 g/mol.